The zero-order chi connectivity index (χ0) is 16.7. The largest absolute Gasteiger partial charge is 0.489 e. The minimum Gasteiger partial charge on any atom is -0.489 e. The van der Waals surface area contributed by atoms with Gasteiger partial charge in [0, 0.05) is 24.1 Å². The number of ether oxygens (including phenoxy) is 1. The first-order valence-corrected chi connectivity index (χ1v) is 8.25. The third-order valence-corrected chi connectivity index (χ3v) is 4.37. The van der Waals surface area contributed by atoms with Gasteiger partial charge in [0.2, 0.25) is 0 Å². The number of para-hydroxylation sites is 1. The van der Waals surface area contributed by atoms with Crippen molar-refractivity contribution in [2.24, 2.45) is 0 Å². The van der Waals surface area contributed by atoms with Crippen molar-refractivity contribution in [3.8, 4) is 5.75 Å². The highest BCUT2D eigenvalue weighted by Gasteiger charge is 2.29. The molecule has 0 spiro atoms. The first-order valence-electron chi connectivity index (χ1n) is 8.25. The SMILES string of the molecule is CC1CN(C(=O)c2cc(=O)[nH]c(C3CC3)n2)Cc2ccccc2O1. The molecule has 1 unspecified atom stereocenters. The van der Waals surface area contributed by atoms with E-state index in [4.69, 9.17) is 4.74 Å². The van der Waals surface area contributed by atoms with Crippen LogP contribution in [0.3, 0.4) is 0 Å². The summed E-state index contributed by atoms with van der Waals surface area (Å²) in [6.45, 7) is 2.84. The Morgan fingerprint density at radius 2 is 2.12 bits per heavy atom. The van der Waals surface area contributed by atoms with E-state index in [1.165, 1.54) is 6.07 Å². The number of carbonyl (C=O) groups is 1. The van der Waals surface area contributed by atoms with Gasteiger partial charge in [0.15, 0.2) is 0 Å². The van der Waals surface area contributed by atoms with Crippen LogP contribution in [0.1, 0.15) is 47.6 Å². The summed E-state index contributed by atoms with van der Waals surface area (Å²) in [6, 6.07) is 9.00. The minimum absolute atomic E-state index is 0.123. The number of hydrogen-bond donors (Lipinski definition) is 1. The predicted octanol–water partition coefficient (Wildman–Crippen LogP) is 2.07. The summed E-state index contributed by atoms with van der Waals surface area (Å²) >= 11 is 0. The Hall–Kier alpha value is -2.63. The fourth-order valence-corrected chi connectivity index (χ4v) is 3.04. The predicted molar refractivity (Wildman–Crippen MR) is 88.1 cm³/mol. The lowest BCUT2D eigenvalue weighted by atomic mass is 10.2. The van der Waals surface area contributed by atoms with Crippen LogP contribution in [0, 0.1) is 0 Å². The summed E-state index contributed by atoms with van der Waals surface area (Å²) in [7, 11) is 0. The van der Waals surface area contributed by atoms with Crippen LogP contribution in [0.25, 0.3) is 0 Å². The molecular weight excluding hydrogens is 306 g/mol. The van der Waals surface area contributed by atoms with Gasteiger partial charge in [0.1, 0.15) is 23.4 Å². The van der Waals surface area contributed by atoms with Gasteiger partial charge >= 0.3 is 0 Å². The molecule has 1 aromatic heterocycles. The zero-order valence-corrected chi connectivity index (χ0v) is 13.5. The maximum Gasteiger partial charge on any atom is 0.273 e. The van der Waals surface area contributed by atoms with Crippen molar-refractivity contribution >= 4 is 5.91 Å². The highest BCUT2D eigenvalue weighted by molar-refractivity contribution is 5.92. The number of aromatic nitrogens is 2. The van der Waals surface area contributed by atoms with Gasteiger partial charge in [-0.15, -0.1) is 0 Å². The summed E-state index contributed by atoms with van der Waals surface area (Å²) in [4.78, 5) is 33.6. The molecule has 1 fully saturated rings. The van der Waals surface area contributed by atoms with E-state index in [0.717, 1.165) is 24.2 Å². The van der Waals surface area contributed by atoms with E-state index in [1.807, 2.05) is 31.2 Å². The summed E-state index contributed by atoms with van der Waals surface area (Å²) in [6.07, 6.45) is 1.91. The second-order valence-corrected chi connectivity index (χ2v) is 6.51. The average molecular weight is 325 g/mol. The van der Waals surface area contributed by atoms with E-state index >= 15 is 0 Å². The summed E-state index contributed by atoms with van der Waals surface area (Å²) in [5.74, 6) is 1.50. The first kappa shape index (κ1) is 14.9. The smallest absolute Gasteiger partial charge is 0.273 e. The second-order valence-electron chi connectivity index (χ2n) is 6.51. The Labute approximate surface area is 139 Å². The molecule has 1 N–H and O–H groups in total. The first-order chi connectivity index (χ1) is 11.6. The van der Waals surface area contributed by atoms with Crippen LogP contribution in [-0.4, -0.2) is 33.4 Å². The molecule has 24 heavy (non-hydrogen) atoms. The van der Waals surface area contributed by atoms with Crippen LogP contribution >= 0.6 is 0 Å². The maximum atomic E-state index is 12.9. The number of H-pyrrole nitrogens is 1. The molecular formula is C18H19N3O3. The van der Waals surface area contributed by atoms with Crippen LogP contribution in [0.4, 0.5) is 0 Å². The highest BCUT2D eigenvalue weighted by atomic mass is 16.5. The molecule has 6 nitrogen and oxygen atoms in total. The number of hydrogen-bond acceptors (Lipinski definition) is 4. The van der Waals surface area contributed by atoms with Crippen molar-refractivity contribution in [1.29, 1.82) is 0 Å². The fourth-order valence-electron chi connectivity index (χ4n) is 3.04. The Morgan fingerprint density at radius 3 is 2.92 bits per heavy atom. The molecule has 1 aliphatic heterocycles. The Kier molecular flexibility index (Phi) is 3.59. The maximum absolute atomic E-state index is 12.9. The average Bonchev–Trinajstić information content (AvgIpc) is 3.39. The summed E-state index contributed by atoms with van der Waals surface area (Å²) in [5, 5.41) is 0. The van der Waals surface area contributed by atoms with E-state index in [1.54, 1.807) is 4.90 Å². The van der Waals surface area contributed by atoms with Gasteiger partial charge in [-0.05, 0) is 25.8 Å². The molecule has 4 rings (SSSR count). The molecule has 0 bridgehead atoms. The van der Waals surface area contributed by atoms with Crippen molar-refractivity contribution in [2.45, 2.75) is 38.3 Å². The van der Waals surface area contributed by atoms with Crippen molar-refractivity contribution in [3.05, 3.63) is 57.8 Å². The monoisotopic (exact) mass is 325 g/mol. The lowest BCUT2D eigenvalue weighted by Gasteiger charge is -2.21. The second kappa shape index (κ2) is 5.78. The van der Waals surface area contributed by atoms with Crippen LogP contribution in [0.15, 0.2) is 35.1 Å². The molecule has 2 heterocycles. The van der Waals surface area contributed by atoms with Crippen molar-refractivity contribution in [2.75, 3.05) is 6.54 Å². The molecule has 2 aliphatic rings. The van der Waals surface area contributed by atoms with Crippen LogP contribution in [-0.2, 0) is 6.54 Å². The molecule has 124 valence electrons. The number of fused-ring (bicyclic) bond motifs is 1. The zero-order valence-electron chi connectivity index (χ0n) is 13.5. The van der Waals surface area contributed by atoms with Crippen molar-refractivity contribution < 1.29 is 9.53 Å². The molecule has 2 aromatic rings. The summed E-state index contributed by atoms with van der Waals surface area (Å²) < 4.78 is 5.89. The third kappa shape index (κ3) is 2.91. The van der Waals surface area contributed by atoms with Crippen molar-refractivity contribution in [1.82, 2.24) is 14.9 Å². The molecule has 1 aliphatic carbocycles. The van der Waals surface area contributed by atoms with Gasteiger partial charge in [-0.1, -0.05) is 18.2 Å². The molecule has 1 aromatic carbocycles. The molecule has 1 atom stereocenters. The van der Waals surface area contributed by atoms with Gasteiger partial charge in [-0.2, -0.15) is 0 Å². The highest BCUT2D eigenvalue weighted by Crippen LogP contribution is 2.37. The van der Waals surface area contributed by atoms with Gasteiger partial charge in [0.25, 0.3) is 11.5 Å². The lowest BCUT2D eigenvalue weighted by Crippen LogP contribution is -2.37. The summed E-state index contributed by atoms with van der Waals surface area (Å²) in [5.41, 5.74) is 0.907. The van der Waals surface area contributed by atoms with Crippen LogP contribution < -0.4 is 10.3 Å². The lowest BCUT2D eigenvalue weighted by molar-refractivity contribution is 0.0684. The van der Waals surface area contributed by atoms with E-state index < -0.39 is 0 Å². The number of benzene rings is 1. The molecule has 0 radical (unpaired) electrons. The molecule has 1 saturated carbocycles. The van der Waals surface area contributed by atoms with E-state index in [-0.39, 0.29) is 29.2 Å². The fraction of sp³-hybridized carbons (Fsp3) is 0.389. The normalized spacial score (nSPS) is 20.0. The van der Waals surface area contributed by atoms with Gasteiger partial charge in [0.05, 0.1) is 6.54 Å². The Balaban J connectivity index is 1.65. The van der Waals surface area contributed by atoms with Crippen molar-refractivity contribution in [3.63, 3.8) is 0 Å². The number of carbonyl (C=O) groups excluding carboxylic acids is 1. The van der Waals surface area contributed by atoms with E-state index in [0.29, 0.717) is 18.9 Å². The van der Waals surface area contributed by atoms with Gasteiger partial charge < -0.3 is 14.6 Å². The minimum atomic E-state index is -0.269. The molecule has 6 heteroatoms. The number of aromatic amines is 1. The number of amides is 1. The Morgan fingerprint density at radius 1 is 1.33 bits per heavy atom. The molecule has 0 saturated heterocycles. The van der Waals surface area contributed by atoms with Gasteiger partial charge in [-0.3, -0.25) is 9.59 Å². The standard InChI is InChI=1S/C18H19N3O3/c1-11-9-21(10-13-4-2-3-5-15(13)24-11)18(23)14-8-16(22)20-17(19-14)12-6-7-12/h2-5,8,11-12H,6-7,9-10H2,1H3,(H,19,20,22). The van der Waals surface area contributed by atoms with Crippen LogP contribution in [0.5, 0.6) is 5.75 Å². The number of nitrogens with one attached hydrogen (secondary N) is 1. The van der Waals surface area contributed by atoms with E-state index in [9.17, 15) is 9.59 Å². The van der Waals surface area contributed by atoms with Crippen LogP contribution in [0.2, 0.25) is 0 Å². The quantitative estimate of drug-likeness (QED) is 0.917. The topological polar surface area (TPSA) is 75.3 Å². The number of nitrogens with zero attached hydrogens (tertiary/aromatic N) is 2. The third-order valence-electron chi connectivity index (χ3n) is 4.37. The van der Waals surface area contributed by atoms with E-state index in [2.05, 4.69) is 9.97 Å². The van der Waals surface area contributed by atoms with Gasteiger partial charge in [-0.25, -0.2) is 4.98 Å². The Bertz CT molecular complexity index is 841. The molecule has 1 amide bonds. The number of rotatable bonds is 2.